The molecule has 0 spiro atoms. The van der Waals surface area contributed by atoms with Crippen LogP contribution in [0.4, 0.5) is 5.69 Å². The van der Waals surface area contributed by atoms with Crippen molar-refractivity contribution in [3.05, 3.63) is 45.1 Å². The standard InChI is InChI=1S/C14H17BrClN3/c1-9(2)19-5-4-11(18-19)8-17-14-7-13(16)10(3)6-12(14)15/h4-7,9,17H,8H2,1-3H3. The van der Waals surface area contributed by atoms with Crippen LogP contribution in [-0.2, 0) is 6.54 Å². The number of hydrogen-bond donors (Lipinski definition) is 1. The lowest BCUT2D eigenvalue weighted by molar-refractivity contribution is 0.527. The van der Waals surface area contributed by atoms with Crippen molar-refractivity contribution in [2.45, 2.75) is 33.4 Å². The summed E-state index contributed by atoms with van der Waals surface area (Å²) in [6, 6.07) is 6.35. The molecular weight excluding hydrogens is 326 g/mol. The fourth-order valence-corrected chi connectivity index (χ4v) is 2.49. The largest absolute Gasteiger partial charge is 0.378 e. The number of hydrogen-bond acceptors (Lipinski definition) is 2. The first-order chi connectivity index (χ1) is 8.97. The van der Waals surface area contributed by atoms with Crippen molar-refractivity contribution in [1.29, 1.82) is 0 Å². The summed E-state index contributed by atoms with van der Waals surface area (Å²) in [5, 5.41) is 8.61. The summed E-state index contributed by atoms with van der Waals surface area (Å²) >= 11 is 9.67. The predicted molar refractivity (Wildman–Crippen MR) is 83.8 cm³/mol. The highest BCUT2D eigenvalue weighted by Crippen LogP contribution is 2.29. The van der Waals surface area contributed by atoms with Crippen molar-refractivity contribution in [2.75, 3.05) is 5.32 Å². The minimum absolute atomic E-state index is 0.384. The van der Waals surface area contributed by atoms with E-state index < -0.39 is 0 Å². The van der Waals surface area contributed by atoms with Gasteiger partial charge in [-0.3, -0.25) is 4.68 Å². The van der Waals surface area contributed by atoms with Gasteiger partial charge in [-0.25, -0.2) is 0 Å². The van der Waals surface area contributed by atoms with Gasteiger partial charge in [0.05, 0.1) is 17.9 Å². The summed E-state index contributed by atoms with van der Waals surface area (Å²) in [4.78, 5) is 0. The summed E-state index contributed by atoms with van der Waals surface area (Å²) in [5.41, 5.74) is 3.05. The second-order valence-corrected chi connectivity index (χ2v) is 6.08. The lowest BCUT2D eigenvalue weighted by Gasteiger charge is -2.09. The number of rotatable bonds is 4. The molecule has 5 heteroatoms. The average molecular weight is 343 g/mol. The first kappa shape index (κ1) is 14.4. The summed E-state index contributed by atoms with van der Waals surface area (Å²) in [7, 11) is 0. The number of aromatic nitrogens is 2. The summed E-state index contributed by atoms with van der Waals surface area (Å²) in [5.74, 6) is 0. The molecule has 19 heavy (non-hydrogen) atoms. The van der Waals surface area contributed by atoms with Crippen LogP contribution >= 0.6 is 27.5 Å². The molecule has 1 aromatic heterocycles. The van der Waals surface area contributed by atoms with Crippen molar-refractivity contribution in [1.82, 2.24) is 9.78 Å². The molecule has 102 valence electrons. The third kappa shape index (κ3) is 3.51. The van der Waals surface area contributed by atoms with Crippen molar-refractivity contribution < 1.29 is 0 Å². The van der Waals surface area contributed by atoms with Crippen LogP contribution < -0.4 is 5.32 Å². The van der Waals surface area contributed by atoms with Crippen LogP contribution in [0.1, 0.15) is 31.1 Å². The van der Waals surface area contributed by atoms with Gasteiger partial charge in [-0.2, -0.15) is 5.10 Å². The van der Waals surface area contributed by atoms with Crippen LogP contribution in [0.15, 0.2) is 28.9 Å². The zero-order valence-corrected chi connectivity index (χ0v) is 13.6. The smallest absolute Gasteiger partial charge is 0.0815 e. The Labute approximate surface area is 127 Å². The molecule has 2 aromatic rings. The molecule has 0 saturated carbocycles. The van der Waals surface area contributed by atoms with Crippen molar-refractivity contribution in [3.8, 4) is 0 Å². The van der Waals surface area contributed by atoms with Crippen LogP contribution in [-0.4, -0.2) is 9.78 Å². The van der Waals surface area contributed by atoms with E-state index in [4.69, 9.17) is 11.6 Å². The Morgan fingerprint density at radius 2 is 2.16 bits per heavy atom. The number of nitrogens with zero attached hydrogens (tertiary/aromatic N) is 2. The van der Waals surface area contributed by atoms with Crippen LogP contribution in [0.2, 0.25) is 5.02 Å². The molecule has 0 radical (unpaired) electrons. The monoisotopic (exact) mass is 341 g/mol. The normalized spacial score (nSPS) is 11.1. The average Bonchev–Trinajstić information content (AvgIpc) is 2.81. The Balaban J connectivity index is 2.07. The summed E-state index contributed by atoms with van der Waals surface area (Å²) in [6.07, 6.45) is 2.00. The minimum atomic E-state index is 0.384. The molecular formula is C14H17BrClN3. The third-order valence-corrected chi connectivity index (χ3v) is 3.96. The SMILES string of the molecule is Cc1cc(Br)c(NCc2ccn(C(C)C)n2)cc1Cl. The predicted octanol–water partition coefficient (Wildman–Crippen LogP) is 4.80. The van der Waals surface area contributed by atoms with Gasteiger partial charge in [0.1, 0.15) is 0 Å². The molecule has 2 rings (SSSR count). The van der Waals surface area contributed by atoms with E-state index >= 15 is 0 Å². The molecule has 0 bridgehead atoms. The van der Waals surface area contributed by atoms with Gasteiger partial charge in [0, 0.05) is 21.7 Å². The second kappa shape index (κ2) is 5.97. The van der Waals surface area contributed by atoms with Gasteiger partial charge in [0.25, 0.3) is 0 Å². The molecule has 3 nitrogen and oxygen atoms in total. The molecule has 1 heterocycles. The Morgan fingerprint density at radius 3 is 2.79 bits per heavy atom. The molecule has 0 unspecified atom stereocenters. The molecule has 0 fully saturated rings. The van der Waals surface area contributed by atoms with E-state index in [1.807, 2.05) is 36.0 Å². The van der Waals surface area contributed by atoms with E-state index in [1.165, 1.54) is 0 Å². The maximum Gasteiger partial charge on any atom is 0.0815 e. The molecule has 0 amide bonds. The number of halogens is 2. The topological polar surface area (TPSA) is 29.9 Å². The maximum atomic E-state index is 6.13. The zero-order chi connectivity index (χ0) is 14.0. The Bertz CT molecular complexity index is 578. The van der Waals surface area contributed by atoms with Gasteiger partial charge in [0.2, 0.25) is 0 Å². The van der Waals surface area contributed by atoms with E-state index in [0.717, 1.165) is 26.4 Å². The minimum Gasteiger partial charge on any atom is -0.378 e. The van der Waals surface area contributed by atoms with Crippen LogP contribution in [0, 0.1) is 6.92 Å². The van der Waals surface area contributed by atoms with Gasteiger partial charge in [-0.15, -0.1) is 0 Å². The zero-order valence-electron chi connectivity index (χ0n) is 11.2. The van der Waals surface area contributed by atoms with Gasteiger partial charge in [0.15, 0.2) is 0 Å². The Kier molecular flexibility index (Phi) is 4.53. The molecule has 0 aliphatic carbocycles. The van der Waals surface area contributed by atoms with E-state index in [9.17, 15) is 0 Å². The van der Waals surface area contributed by atoms with Crippen molar-refractivity contribution >= 4 is 33.2 Å². The Hall–Kier alpha value is -1.00. The Morgan fingerprint density at radius 1 is 1.42 bits per heavy atom. The van der Waals surface area contributed by atoms with E-state index in [0.29, 0.717) is 12.6 Å². The molecule has 0 aliphatic rings. The highest BCUT2D eigenvalue weighted by atomic mass is 79.9. The highest BCUT2D eigenvalue weighted by Gasteiger charge is 2.06. The maximum absolute atomic E-state index is 6.13. The molecule has 1 aromatic carbocycles. The highest BCUT2D eigenvalue weighted by molar-refractivity contribution is 9.10. The van der Waals surface area contributed by atoms with Crippen molar-refractivity contribution in [2.24, 2.45) is 0 Å². The number of benzene rings is 1. The summed E-state index contributed by atoms with van der Waals surface area (Å²) < 4.78 is 2.96. The van der Waals surface area contributed by atoms with E-state index in [2.05, 4.69) is 40.2 Å². The van der Waals surface area contributed by atoms with Gasteiger partial charge in [-0.05, 0) is 60.5 Å². The van der Waals surface area contributed by atoms with E-state index in [-0.39, 0.29) is 0 Å². The van der Waals surface area contributed by atoms with Gasteiger partial charge >= 0.3 is 0 Å². The van der Waals surface area contributed by atoms with Crippen molar-refractivity contribution in [3.63, 3.8) is 0 Å². The van der Waals surface area contributed by atoms with Crippen LogP contribution in [0.3, 0.4) is 0 Å². The molecule has 1 N–H and O–H groups in total. The van der Waals surface area contributed by atoms with Crippen LogP contribution in [0.5, 0.6) is 0 Å². The first-order valence-electron chi connectivity index (χ1n) is 6.21. The lowest BCUT2D eigenvalue weighted by atomic mass is 10.2. The fraction of sp³-hybridized carbons (Fsp3) is 0.357. The molecule has 0 saturated heterocycles. The number of anilines is 1. The number of nitrogens with one attached hydrogen (secondary N) is 1. The first-order valence-corrected chi connectivity index (χ1v) is 7.38. The molecule has 0 atom stereocenters. The van der Waals surface area contributed by atoms with Gasteiger partial charge < -0.3 is 5.32 Å². The molecule has 0 aliphatic heterocycles. The van der Waals surface area contributed by atoms with Crippen LogP contribution in [0.25, 0.3) is 0 Å². The second-order valence-electron chi connectivity index (χ2n) is 4.82. The lowest BCUT2D eigenvalue weighted by Crippen LogP contribution is -2.05. The fourth-order valence-electron chi connectivity index (χ4n) is 1.73. The van der Waals surface area contributed by atoms with Gasteiger partial charge in [-0.1, -0.05) is 11.6 Å². The number of aryl methyl sites for hydroxylation is 1. The van der Waals surface area contributed by atoms with E-state index in [1.54, 1.807) is 0 Å². The third-order valence-electron chi connectivity index (χ3n) is 2.90. The quantitative estimate of drug-likeness (QED) is 0.865. The summed E-state index contributed by atoms with van der Waals surface area (Å²) in [6.45, 7) is 6.89.